The number of carbonyl (C=O) groups is 2. The van der Waals surface area contributed by atoms with Crippen molar-refractivity contribution < 1.29 is 14.3 Å². The molecule has 0 aliphatic heterocycles. The van der Waals surface area contributed by atoms with Gasteiger partial charge in [0, 0.05) is 19.4 Å². The Labute approximate surface area is 162 Å². The summed E-state index contributed by atoms with van der Waals surface area (Å²) < 4.78 is 6.19. The van der Waals surface area contributed by atoms with E-state index in [4.69, 9.17) is 4.74 Å². The maximum Gasteiger partial charge on any atom is 0.328 e. The molecule has 0 fully saturated rings. The SMILES string of the molecule is COC(=O)C(Cc1ccccc1)NC(=O)CCn1cnc2ccccc2c1=O. The minimum absolute atomic E-state index is 0.0439. The predicted octanol–water partition coefficient (Wildman–Crippen LogP) is 1.69. The Morgan fingerprint density at radius 1 is 1.11 bits per heavy atom. The number of hydrogen-bond donors (Lipinski definition) is 1. The van der Waals surface area contributed by atoms with Crippen molar-refractivity contribution in [2.24, 2.45) is 0 Å². The van der Waals surface area contributed by atoms with E-state index in [1.807, 2.05) is 36.4 Å². The average Bonchev–Trinajstić information content (AvgIpc) is 2.73. The fourth-order valence-corrected chi connectivity index (χ4v) is 2.94. The van der Waals surface area contributed by atoms with Crippen LogP contribution in [0.1, 0.15) is 12.0 Å². The molecule has 0 saturated heterocycles. The number of para-hydroxylation sites is 1. The maximum absolute atomic E-state index is 12.5. The van der Waals surface area contributed by atoms with Crippen LogP contribution < -0.4 is 10.9 Å². The van der Waals surface area contributed by atoms with Gasteiger partial charge in [-0.05, 0) is 17.7 Å². The molecule has 7 nitrogen and oxygen atoms in total. The van der Waals surface area contributed by atoms with Crippen LogP contribution in [0.25, 0.3) is 10.9 Å². The molecular weight excluding hydrogens is 358 g/mol. The Bertz CT molecular complexity index is 1030. The van der Waals surface area contributed by atoms with Crippen LogP contribution >= 0.6 is 0 Å². The fraction of sp³-hybridized carbons (Fsp3) is 0.238. The summed E-state index contributed by atoms with van der Waals surface area (Å²) in [6.45, 7) is 0.168. The molecule has 1 aromatic heterocycles. The molecule has 3 aromatic rings. The molecule has 2 aromatic carbocycles. The number of ether oxygens (including phenoxy) is 1. The van der Waals surface area contributed by atoms with E-state index in [2.05, 4.69) is 10.3 Å². The highest BCUT2D eigenvalue weighted by Gasteiger charge is 2.21. The second-order valence-corrected chi connectivity index (χ2v) is 6.34. The van der Waals surface area contributed by atoms with Gasteiger partial charge < -0.3 is 10.1 Å². The van der Waals surface area contributed by atoms with Crippen LogP contribution in [0.2, 0.25) is 0 Å². The van der Waals surface area contributed by atoms with E-state index in [1.165, 1.54) is 18.0 Å². The molecule has 0 aliphatic carbocycles. The van der Waals surface area contributed by atoms with Crippen LogP contribution in [-0.4, -0.2) is 34.6 Å². The lowest BCUT2D eigenvalue weighted by Crippen LogP contribution is -2.43. The van der Waals surface area contributed by atoms with Gasteiger partial charge in [0.15, 0.2) is 0 Å². The number of nitrogens with one attached hydrogen (secondary N) is 1. The molecule has 0 aliphatic rings. The summed E-state index contributed by atoms with van der Waals surface area (Å²) in [6, 6.07) is 15.6. The van der Waals surface area contributed by atoms with E-state index in [-0.39, 0.29) is 24.4 Å². The molecule has 7 heteroatoms. The van der Waals surface area contributed by atoms with Gasteiger partial charge in [-0.1, -0.05) is 42.5 Å². The van der Waals surface area contributed by atoms with Crippen LogP contribution in [0.15, 0.2) is 65.7 Å². The lowest BCUT2D eigenvalue weighted by Gasteiger charge is -2.17. The largest absolute Gasteiger partial charge is 0.467 e. The van der Waals surface area contributed by atoms with Crippen molar-refractivity contribution in [2.45, 2.75) is 25.4 Å². The van der Waals surface area contributed by atoms with Crippen LogP contribution in [0.3, 0.4) is 0 Å². The zero-order chi connectivity index (χ0) is 19.9. The molecule has 0 saturated carbocycles. The molecule has 144 valence electrons. The minimum atomic E-state index is -0.786. The molecule has 28 heavy (non-hydrogen) atoms. The average molecular weight is 379 g/mol. The van der Waals surface area contributed by atoms with E-state index in [9.17, 15) is 14.4 Å². The molecule has 3 rings (SSSR count). The van der Waals surface area contributed by atoms with Crippen LogP contribution in [0.4, 0.5) is 0 Å². The van der Waals surface area contributed by atoms with E-state index in [0.717, 1.165) is 5.56 Å². The van der Waals surface area contributed by atoms with Gasteiger partial charge in [0.05, 0.1) is 24.3 Å². The first-order valence-corrected chi connectivity index (χ1v) is 8.94. The van der Waals surface area contributed by atoms with Crippen molar-refractivity contribution in [3.63, 3.8) is 0 Å². The van der Waals surface area contributed by atoms with Gasteiger partial charge in [-0.25, -0.2) is 9.78 Å². The van der Waals surface area contributed by atoms with Crippen molar-refractivity contribution in [2.75, 3.05) is 7.11 Å². The fourth-order valence-electron chi connectivity index (χ4n) is 2.94. The Kier molecular flexibility index (Phi) is 6.16. The molecule has 1 heterocycles. The number of nitrogens with zero attached hydrogens (tertiary/aromatic N) is 2. The van der Waals surface area contributed by atoms with Gasteiger partial charge in [-0.3, -0.25) is 14.2 Å². The highest BCUT2D eigenvalue weighted by molar-refractivity contribution is 5.84. The van der Waals surface area contributed by atoms with Gasteiger partial charge in [0.25, 0.3) is 5.56 Å². The summed E-state index contributed by atoms with van der Waals surface area (Å²) in [4.78, 5) is 41.1. The maximum atomic E-state index is 12.5. The molecule has 1 amide bonds. The molecule has 1 N–H and O–H groups in total. The van der Waals surface area contributed by atoms with E-state index in [1.54, 1.807) is 18.2 Å². The Morgan fingerprint density at radius 3 is 2.57 bits per heavy atom. The first-order valence-electron chi connectivity index (χ1n) is 8.94. The van der Waals surface area contributed by atoms with Crippen molar-refractivity contribution >= 4 is 22.8 Å². The number of esters is 1. The van der Waals surface area contributed by atoms with Crippen molar-refractivity contribution in [1.29, 1.82) is 0 Å². The van der Waals surface area contributed by atoms with E-state index in [0.29, 0.717) is 17.3 Å². The van der Waals surface area contributed by atoms with Gasteiger partial charge in [-0.15, -0.1) is 0 Å². The normalized spacial score (nSPS) is 11.8. The first kappa shape index (κ1) is 19.3. The molecule has 0 bridgehead atoms. The molecule has 1 unspecified atom stereocenters. The summed E-state index contributed by atoms with van der Waals surface area (Å²) in [5, 5.41) is 3.20. The summed E-state index contributed by atoms with van der Waals surface area (Å²) in [6.07, 6.45) is 1.80. The topological polar surface area (TPSA) is 90.3 Å². The standard InChI is InChI=1S/C21H21N3O4/c1-28-21(27)18(13-15-7-3-2-4-8-15)23-19(25)11-12-24-14-22-17-10-6-5-9-16(17)20(24)26/h2-10,14,18H,11-13H2,1H3,(H,23,25). The molecule has 0 spiro atoms. The molecule has 0 radical (unpaired) electrons. The smallest absolute Gasteiger partial charge is 0.328 e. The minimum Gasteiger partial charge on any atom is -0.467 e. The number of fused-ring (bicyclic) bond motifs is 1. The quantitative estimate of drug-likeness (QED) is 0.631. The number of rotatable bonds is 7. The van der Waals surface area contributed by atoms with Crippen molar-refractivity contribution in [1.82, 2.24) is 14.9 Å². The van der Waals surface area contributed by atoms with Gasteiger partial charge in [0.1, 0.15) is 6.04 Å². The van der Waals surface area contributed by atoms with Crippen molar-refractivity contribution in [3.8, 4) is 0 Å². The second-order valence-electron chi connectivity index (χ2n) is 6.34. The first-order chi connectivity index (χ1) is 13.6. The highest BCUT2D eigenvalue weighted by Crippen LogP contribution is 2.06. The van der Waals surface area contributed by atoms with E-state index < -0.39 is 12.0 Å². The number of methoxy groups -OCH3 is 1. The lowest BCUT2D eigenvalue weighted by molar-refractivity contribution is -0.145. The molecular formula is C21H21N3O4. The second kappa shape index (κ2) is 8.94. The van der Waals surface area contributed by atoms with Crippen LogP contribution in [0, 0.1) is 0 Å². The zero-order valence-corrected chi connectivity index (χ0v) is 15.5. The van der Waals surface area contributed by atoms with Crippen molar-refractivity contribution in [3.05, 3.63) is 76.8 Å². The number of aromatic nitrogens is 2. The molecule has 1 atom stereocenters. The Morgan fingerprint density at radius 2 is 1.82 bits per heavy atom. The Balaban J connectivity index is 1.65. The third-order valence-corrected chi connectivity index (χ3v) is 4.41. The predicted molar refractivity (Wildman–Crippen MR) is 105 cm³/mol. The number of benzene rings is 2. The Hall–Kier alpha value is -3.48. The van der Waals surface area contributed by atoms with Crippen LogP contribution in [-0.2, 0) is 27.3 Å². The lowest BCUT2D eigenvalue weighted by atomic mass is 10.1. The summed E-state index contributed by atoms with van der Waals surface area (Å²) >= 11 is 0. The number of amides is 1. The number of hydrogen-bond acceptors (Lipinski definition) is 5. The third-order valence-electron chi connectivity index (χ3n) is 4.41. The zero-order valence-electron chi connectivity index (χ0n) is 15.5. The summed E-state index contributed by atoms with van der Waals surface area (Å²) in [5.41, 5.74) is 1.32. The number of aryl methyl sites for hydroxylation is 1. The number of carbonyl (C=O) groups excluding carboxylic acids is 2. The van der Waals surface area contributed by atoms with Gasteiger partial charge in [0.2, 0.25) is 5.91 Å². The van der Waals surface area contributed by atoms with Gasteiger partial charge >= 0.3 is 5.97 Å². The summed E-state index contributed by atoms with van der Waals surface area (Å²) in [5.74, 6) is -0.854. The highest BCUT2D eigenvalue weighted by atomic mass is 16.5. The van der Waals surface area contributed by atoms with Gasteiger partial charge in [-0.2, -0.15) is 0 Å². The summed E-state index contributed by atoms with van der Waals surface area (Å²) in [7, 11) is 1.28. The monoisotopic (exact) mass is 379 g/mol. The third kappa shape index (κ3) is 4.62. The van der Waals surface area contributed by atoms with E-state index >= 15 is 0 Å². The van der Waals surface area contributed by atoms with Crippen LogP contribution in [0.5, 0.6) is 0 Å².